The lowest BCUT2D eigenvalue weighted by atomic mass is 9.87. The Morgan fingerprint density at radius 1 is 0.885 bits per heavy atom. The van der Waals surface area contributed by atoms with Crippen molar-refractivity contribution in [2.75, 3.05) is 21.3 Å². The third-order valence-electron chi connectivity index (χ3n) is 3.94. The van der Waals surface area contributed by atoms with Gasteiger partial charge in [-0.05, 0) is 5.56 Å². The van der Waals surface area contributed by atoms with Crippen molar-refractivity contribution in [2.45, 2.75) is 19.4 Å². The highest BCUT2D eigenvalue weighted by Gasteiger charge is 2.42. The molecule has 2 atom stereocenters. The smallest absolute Gasteiger partial charge is 0.328 e. The van der Waals surface area contributed by atoms with Crippen LogP contribution in [0.2, 0.25) is 0 Å². The molecule has 0 unspecified atom stereocenters. The fourth-order valence-electron chi connectivity index (χ4n) is 2.51. The van der Waals surface area contributed by atoms with E-state index in [9.17, 15) is 19.2 Å². The van der Waals surface area contributed by atoms with Gasteiger partial charge in [-0.3, -0.25) is 14.4 Å². The zero-order chi connectivity index (χ0) is 19.7. The maximum absolute atomic E-state index is 12.3. The number of rotatable bonds is 8. The molecule has 1 amide bonds. The second-order valence-electron chi connectivity index (χ2n) is 5.61. The summed E-state index contributed by atoms with van der Waals surface area (Å²) in [6, 6.07) is 7.70. The van der Waals surface area contributed by atoms with Gasteiger partial charge in [-0.25, -0.2) is 4.79 Å². The van der Waals surface area contributed by atoms with E-state index in [4.69, 9.17) is 4.74 Å². The molecule has 0 saturated heterocycles. The zero-order valence-corrected chi connectivity index (χ0v) is 15.2. The largest absolute Gasteiger partial charge is 0.468 e. The van der Waals surface area contributed by atoms with Crippen molar-refractivity contribution in [1.29, 1.82) is 0 Å². The van der Waals surface area contributed by atoms with Gasteiger partial charge in [0.15, 0.2) is 5.92 Å². The minimum absolute atomic E-state index is 0.0299. The van der Waals surface area contributed by atoms with Crippen molar-refractivity contribution >= 4 is 23.8 Å². The molecule has 1 aromatic carbocycles. The molecule has 0 aliphatic rings. The van der Waals surface area contributed by atoms with Gasteiger partial charge in [0.2, 0.25) is 5.91 Å². The molecule has 1 aromatic rings. The maximum Gasteiger partial charge on any atom is 0.328 e. The highest BCUT2D eigenvalue weighted by Crippen LogP contribution is 2.20. The van der Waals surface area contributed by atoms with E-state index in [0.29, 0.717) is 0 Å². The number of hydrogen-bond acceptors (Lipinski definition) is 7. The van der Waals surface area contributed by atoms with Crippen LogP contribution >= 0.6 is 0 Å². The number of esters is 3. The molecule has 8 nitrogen and oxygen atoms in total. The van der Waals surface area contributed by atoms with Gasteiger partial charge in [0.1, 0.15) is 6.04 Å². The fourth-order valence-corrected chi connectivity index (χ4v) is 2.51. The molecular formula is C18H23NO7. The highest BCUT2D eigenvalue weighted by molar-refractivity contribution is 5.96. The van der Waals surface area contributed by atoms with E-state index < -0.39 is 41.7 Å². The molecule has 142 valence electrons. The lowest BCUT2D eigenvalue weighted by Gasteiger charge is -2.27. The Morgan fingerprint density at radius 2 is 1.38 bits per heavy atom. The monoisotopic (exact) mass is 365 g/mol. The van der Waals surface area contributed by atoms with Crippen molar-refractivity contribution in [2.24, 2.45) is 11.8 Å². The molecule has 0 heterocycles. The summed E-state index contributed by atoms with van der Waals surface area (Å²) in [5, 5.41) is 2.53. The molecule has 26 heavy (non-hydrogen) atoms. The summed E-state index contributed by atoms with van der Waals surface area (Å²) in [5.41, 5.74) is 0.749. The molecule has 0 saturated carbocycles. The maximum atomic E-state index is 12.3. The summed E-state index contributed by atoms with van der Waals surface area (Å²) in [6.45, 7) is 1.46. The molecule has 0 fully saturated rings. The molecule has 0 aliphatic heterocycles. The summed E-state index contributed by atoms with van der Waals surface area (Å²) in [6.07, 6.45) is 0.0299. The van der Waals surface area contributed by atoms with Crippen LogP contribution in [0.4, 0.5) is 0 Å². The average Bonchev–Trinajstić information content (AvgIpc) is 2.65. The predicted octanol–water partition coefficient (Wildman–Crippen LogP) is 0.485. The van der Waals surface area contributed by atoms with Crippen molar-refractivity contribution < 1.29 is 33.4 Å². The van der Waals surface area contributed by atoms with Crippen LogP contribution in [0.3, 0.4) is 0 Å². The molecule has 0 aromatic heterocycles. The molecule has 0 spiro atoms. The number of hydrogen-bond donors (Lipinski definition) is 1. The van der Waals surface area contributed by atoms with Crippen LogP contribution in [0, 0.1) is 11.8 Å². The van der Waals surface area contributed by atoms with E-state index in [1.54, 1.807) is 24.3 Å². The Kier molecular flexibility index (Phi) is 8.27. The van der Waals surface area contributed by atoms with Gasteiger partial charge in [0.05, 0.1) is 27.8 Å². The topological polar surface area (TPSA) is 108 Å². The zero-order valence-electron chi connectivity index (χ0n) is 15.2. The van der Waals surface area contributed by atoms with Gasteiger partial charge in [-0.1, -0.05) is 37.3 Å². The van der Waals surface area contributed by atoms with Crippen LogP contribution < -0.4 is 5.32 Å². The number of ether oxygens (including phenoxy) is 3. The molecule has 1 N–H and O–H groups in total. The lowest BCUT2D eigenvalue weighted by molar-refractivity contribution is -0.163. The third kappa shape index (κ3) is 5.58. The van der Waals surface area contributed by atoms with Crippen LogP contribution in [0.5, 0.6) is 0 Å². The van der Waals surface area contributed by atoms with E-state index in [2.05, 4.69) is 14.8 Å². The van der Waals surface area contributed by atoms with Crippen molar-refractivity contribution in [1.82, 2.24) is 5.32 Å². The lowest BCUT2D eigenvalue weighted by Crippen LogP contribution is -2.51. The Bertz CT molecular complexity index is 628. The van der Waals surface area contributed by atoms with Crippen molar-refractivity contribution in [3.8, 4) is 0 Å². The minimum atomic E-state index is -1.38. The Hall–Kier alpha value is -2.90. The van der Waals surface area contributed by atoms with Gasteiger partial charge >= 0.3 is 17.9 Å². The minimum Gasteiger partial charge on any atom is -0.468 e. The summed E-state index contributed by atoms with van der Waals surface area (Å²) in [7, 11) is 3.38. The number of carbonyl (C=O) groups excluding carboxylic acids is 4. The normalized spacial score (nSPS) is 12.7. The molecule has 0 radical (unpaired) electrons. The van der Waals surface area contributed by atoms with Crippen LogP contribution in [0.15, 0.2) is 30.3 Å². The average molecular weight is 365 g/mol. The molecule has 0 bridgehead atoms. The van der Waals surface area contributed by atoms with Crippen LogP contribution in [-0.2, 0) is 39.8 Å². The predicted molar refractivity (Wildman–Crippen MR) is 90.8 cm³/mol. The van der Waals surface area contributed by atoms with Gasteiger partial charge in [0, 0.05) is 5.92 Å². The summed E-state index contributed by atoms with van der Waals surface area (Å²) in [4.78, 5) is 48.3. The second kappa shape index (κ2) is 10.2. The summed E-state index contributed by atoms with van der Waals surface area (Å²) < 4.78 is 13.9. The van der Waals surface area contributed by atoms with Gasteiger partial charge in [-0.15, -0.1) is 0 Å². The first-order chi connectivity index (χ1) is 12.3. The van der Waals surface area contributed by atoms with Crippen LogP contribution in [0.25, 0.3) is 0 Å². The van der Waals surface area contributed by atoms with Gasteiger partial charge < -0.3 is 19.5 Å². The van der Waals surface area contributed by atoms with Crippen molar-refractivity contribution in [3.05, 3.63) is 35.9 Å². The number of nitrogens with one attached hydrogen (secondary N) is 1. The summed E-state index contributed by atoms with van der Waals surface area (Å²) in [5.74, 6) is -5.29. The fraction of sp³-hybridized carbons (Fsp3) is 0.444. The SMILES string of the molecule is COC(=O)C(C(=O)OC)[C@@H](C)[C@@H](NC(=O)Cc1ccccc1)C(=O)OC. The van der Waals surface area contributed by atoms with E-state index in [1.807, 2.05) is 6.07 Å². The first-order valence-corrected chi connectivity index (χ1v) is 7.92. The third-order valence-corrected chi connectivity index (χ3v) is 3.94. The first kappa shape index (κ1) is 21.1. The second-order valence-corrected chi connectivity index (χ2v) is 5.61. The number of amides is 1. The van der Waals surface area contributed by atoms with E-state index in [1.165, 1.54) is 6.92 Å². The van der Waals surface area contributed by atoms with Gasteiger partial charge in [0.25, 0.3) is 0 Å². The highest BCUT2D eigenvalue weighted by atomic mass is 16.5. The molecule has 1 rings (SSSR count). The van der Waals surface area contributed by atoms with E-state index in [0.717, 1.165) is 26.9 Å². The standard InChI is InChI=1S/C18H23NO7/c1-11(14(16(21)24-2)17(22)25-3)15(18(23)26-4)19-13(20)10-12-8-6-5-7-9-12/h5-9,11,14-15H,10H2,1-4H3,(H,19,20)/t11-,15-/m1/s1. The Morgan fingerprint density at radius 3 is 1.85 bits per heavy atom. The quantitative estimate of drug-likeness (QED) is 0.406. The number of methoxy groups -OCH3 is 3. The van der Waals surface area contributed by atoms with Crippen LogP contribution in [0.1, 0.15) is 12.5 Å². The van der Waals surface area contributed by atoms with Crippen LogP contribution in [-0.4, -0.2) is 51.2 Å². The van der Waals surface area contributed by atoms with E-state index in [-0.39, 0.29) is 6.42 Å². The summed E-state index contributed by atoms with van der Waals surface area (Å²) >= 11 is 0. The Labute approximate surface area is 151 Å². The van der Waals surface area contributed by atoms with E-state index >= 15 is 0 Å². The van der Waals surface area contributed by atoms with Crippen molar-refractivity contribution in [3.63, 3.8) is 0 Å². The molecular weight excluding hydrogens is 342 g/mol. The molecule has 0 aliphatic carbocycles. The first-order valence-electron chi connectivity index (χ1n) is 7.92. The molecule has 8 heteroatoms. The number of benzene rings is 1. The Balaban J connectivity index is 3.00. The van der Waals surface area contributed by atoms with Gasteiger partial charge in [-0.2, -0.15) is 0 Å². The number of carbonyl (C=O) groups is 4.